The summed E-state index contributed by atoms with van der Waals surface area (Å²) < 4.78 is 15.7. The Bertz CT molecular complexity index is 664. The van der Waals surface area contributed by atoms with Gasteiger partial charge in [-0.15, -0.1) is 0 Å². The maximum atomic E-state index is 13.3. The normalized spacial score (nSPS) is 10.7. The maximum absolute atomic E-state index is 13.3. The van der Waals surface area contributed by atoms with Crippen molar-refractivity contribution in [3.8, 4) is 11.3 Å². The van der Waals surface area contributed by atoms with E-state index in [0.717, 1.165) is 23.2 Å². The average molecular weight is 371 g/mol. The molecule has 2 rings (SSSR count). The molecule has 100 valence electrons. The first-order valence-electron chi connectivity index (χ1n) is 6.26. The van der Waals surface area contributed by atoms with Crippen LogP contribution in [0.2, 0.25) is 0 Å². The number of nitrogens with zero attached hydrogens (tertiary/aromatic N) is 1. The summed E-state index contributed by atoms with van der Waals surface area (Å²) >= 11 is 2.04. The van der Waals surface area contributed by atoms with Gasteiger partial charge < -0.3 is 4.57 Å². The van der Waals surface area contributed by atoms with Gasteiger partial charge in [0, 0.05) is 12.1 Å². The summed E-state index contributed by atoms with van der Waals surface area (Å²) in [6.45, 7) is 4.53. The summed E-state index contributed by atoms with van der Waals surface area (Å²) in [6.07, 6.45) is 0.733. The van der Waals surface area contributed by atoms with E-state index in [1.807, 2.05) is 48.6 Å². The molecule has 0 saturated carbocycles. The van der Waals surface area contributed by atoms with Crippen LogP contribution in [0.4, 0.5) is 4.39 Å². The zero-order valence-electron chi connectivity index (χ0n) is 10.9. The molecule has 1 heterocycles. The molecule has 19 heavy (non-hydrogen) atoms. The molecule has 0 aliphatic carbocycles. The van der Waals surface area contributed by atoms with Crippen molar-refractivity contribution in [3.05, 3.63) is 55.6 Å². The second-order valence-electron chi connectivity index (χ2n) is 4.27. The van der Waals surface area contributed by atoms with E-state index in [1.54, 1.807) is 10.6 Å². The SMILES string of the molecule is CCc1cc(F)ccc1-c1ccc(I)c(=O)n1CC. The number of aryl methyl sites for hydroxylation is 1. The van der Waals surface area contributed by atoms with Crippen molar-refractivity contribution >= 4 is 22.6 Å². The van der Waals surface area contributed by atoms with Crippen molar-refractivity contribution in [1.82, 2.24) is 4.57 Å². The Labute approximate surface area is 125 Å². The van der Waals surface area contributed by atoms with Gasteiger partial charge in [0.05, 0.1) is 9.26 Å². The molecule has 0 saturated heterocycles. The van der Waals surface area contributed by atoms with E-state index >= 15 is 0 Å². The number of hydrogen-bond donors (Lipinski definition) is 0. The van der Waals surface area contributed by atoms with E-state index in [2.05, 4.69) is 0 Å². The molecule has 2 nitrogen and oxygen atoms in total. The lowest BCUT2D eigenvalue weighted by molar-refractivity contribution is 0.625. The maximum Gasteiger partial charge on any atom is 0.264 e. The van der Waals surface area contributed by atoms with Gasteiger partial charge in [0.15, 0.2) is 0 Å². The molecule has 0 unspecified atom stereocenters. The minimum absolute atomic E-state index is 0.00646. The number of aromatic nitrogens is 1. The van der Waals surface area contributed by atoms with Crippen LogP contribution < -0.4 is 5.56 Å². The lowest BCUT2D eigenvalue weighted by Gasteiger charge is -2.14. The predicted molar refractivity (Wildman–Crippen MR) is 83.9 cm³/mol. The molecule has 0 atom stereocenters. The van der Waals surface area contributed by atoms with Crippen LogP contribution in [0, 0.1) is 9.39 Å². The molecule has 0 spiro atoms. The van der Waals surface area contributed by atoms with Crippen molar-refractivity contribution in [1.29, 1.82) is 0 Å². The van der Waals surface area contributed by atoms with Gasteiger partial charge in [-0.25, -0.2) is 4.39 Å². The Balaban J connectivity index is 2.72. The van der Waals surface area contributed by atoms with Gasteiger partial charge in [0.2, 0.25) is 0 Å². The van der Waals surface area contributed by atoms with Crippen LogP contribution in [0.25, 0.3) is 11.3 Å². The fourth-order valence-corrected chi connectivity index (χ4v) is 2.68. The van der Waals surface area contributed by atoms with Gasteiger partial charge in [-0.1, -0.05) is 6.92 Å². The van der Waals surface area contributed by atoms with E-state index < -0.39 is 0 Å². The number of rotatable bonds is 3. The van der Waals surface area contributed by atoms with E-state index in [1.165, 1.54) is 12.1 Å². The quantitative estimate of drug-likeness (QED) is 0.752. The molecule has 2 aromatic rings. The van der Waals surface area contributed by atoms with E-state index in [4.69, 9.17) is 0 Å². The summed E-state index contributed by atoms with van der Waals surface area (Å²) in [5, 5.41) is 0. The number of hydrogen-bond acceptors (Lipinski definition) is 1. The number of pyridine rings is 1. The van der Waals surface area contributed by atoms with Crippen LogP contribution in [0.3, 0.4) is 0 Å². The molecule has 0 radical (unpaired) electrons. The molecule has 4 heteroatoms. The predicted octanol–water partition coefficient (Wildman–Crippen LogP) is 3.84. The van der Waals surface area contributed by atoms with E-state index in [9.17, 15) is 9.18 Å². The van der Waals surface area contributed by atoms with Crippen molar-refractivity contribution in [2.45, 2.75) is 26.8 Å². The monoisotopic (exact) mass is 371 g/mol. The number of benzene rings is 1. The van der Waals surface area contributed by atoms with Gasteiger partial charge in [-0.05, 0) is 71.8 Å². The summed E-state index contributed by atoms with van der Waals surface area (Å²) in [5.74, 6) is -0.239. The Morgan fingerprint density at radius 3 is 2.58 bits per heavy atom. The van der Waals surface area contributed by atoms with Crippen LogP contribution in [-0.2, 0) is 13.0 Å². The molecule has 0 amide bonds. The highest BCUT2D eigenvalue weighted by atomic mass is 127. The minimum atomic E-state index is -0.239. The highest BCUT2D eigenvalue weighted by Gasteiger charge is 2.11. The molecule has 0 aliphatic heterocycles. The van der Waals surface area contributed by atoms with E-state index in [0.29, 0.717) is 10.1 Å². The minimum Gasteiger partial charge on any atom is -0.308 e. The number of halogens is 2. The summed E-state index contributed by atoms with van der Waals surface area (Å²) in [6, 6.07) is 8.48. The van der Waals surface area contributed by atoms with Gasteiger partial charge in [-0.3, -0.25) is 4.79 Å². The Morgan fingerprint density at radius 2 is 1.95 bits per heavy atom. The largest absolute Gasteiger partial charge is 0.308 e. The van der Waals surface area contributed by atoms with E-state index in [-0.39, 0.29) is 11.4 Å². The summed E-state index contributed by atoms with van der Waals surface area (Å²) in [5.41, 5.74) is 2.71. The average Bonchev–Trinajstić information content (AvgIpc) is 2.41. The Hall–Kier alpha value is -1.17. The molecule has 0 bridgehead atoms. The Morgan fingerprint density at radius 1 is 1.21 bits per heavy atom. The van der Waals surface area contributed by atoms with Crippen LogP contribution in [0.15, 0.2) is 35.1 Å². The van der Waals surface area contributed by atoms with Crippen molar-refractivity contribution in [2.24, 2.45) is 0 Å². The molecular formula is C15H15FINO. The second kappa shape index (κ2) is 5.86. The fourth-order valence-electron chi connectivity index (χ4n) is 2.21. The van der Waals surface area contributed by atoms with Gasteiger partial charge >= 0.3 is 0 Å². The Kier molecular flexibility index (Phi) is 4.39. The highest BCUT2D eigenvalue weighted by molar-refractivity contribution is 14.1. The summed E-state index contributed by atoms with van der Waals surface area (Å²) in [7, 11) is 0. The first-order valence-corrected chi connectivity index (χ1v) is 7.34. The van der Waals surface area contributed by atoms with Crippen LogP contribution >= 0.6 is 22.6 Å². The van der Waals surface area contributed by atoms with Crippen LogP contribution in [0.5, 0.6) is 0 Å². The van der Waals surface area contributed by atoms with Gasteiger partial charge in [0.25, 0.3) is 5.56 Å². The highest BCUT2D eigenvalue weighted by Crippen LogP contribution is 2.24. The molecule has 0 aliphatic rings. The lowest BCUT2D eigenvalue weighted by Crippen LogP contribution is -2.23. The topological polar surface area (TPSA) is 22.0 Å². The van der Waals surface area contributed by atoms with Crippen molar-refractivity contribution < 1.29 is 4.39 Å². The molecule has 0 N–H and O–H groups in total. The summed E-state index contributed by atoms with van der Waals surface area (Å²) in [4.78, 5) is 12.1. The van der Waals surface area contributed by atoms with Crippen LogP contribution in [0.1, 0.15) is 19.4 Å². The molecule has 0 fully saturated rings. The molecule has 1 aromatic heterocycles. The zero-order valence-corrected chi connectivity index (χ0v) is 13.1. The zero-order chi connectivity index (χ0) is 14.0. The standard InChI is InChI=1S/C15H15FINO/c1-3-10-9-11(16)5-6-12(10)14-8-7-13(17)15(19)18(14)4-2/h5-9H,3-4H2,1-2H3. The van der Waals surface area contributed by atoms with Crippen LogP contribution in [-0.4, -0.2) is 4.57 Å². The van der Waals surface area contributed by atoms with Crippen molar-refractivity contribution in [2.75, 3.05) is 0 Å². The lowest BCUT2D eigenvalue weighted by atomic mass is 10.0. The molecule has 1 aromatic carbocycles. The molecular weight excluding hydrogens is 356 g/mol. The van der Waals surface area contributed by atoms with Gasteiger partial charge in [0.1, 0.15) is 5.82 Å². The second-order valence-corrected chi connectivity index (χ2v) is 5.43. The van der Waals surface area contributed by atoms with Gasteiger partial charge in [-0.2, -0.15) is 0 Å². The van der Waals surface area contributed by atoms with Crippen molar-refractivity contribution in [3.63, 3.8) is 0 Å². The third-order valence-electron chi connectivity index (χ3n) is 3.17. The third-order valence-corrected chi connectivity index (χ3v) is 3.99. The first-order chi connectivity index (χ1) is 9.08. The third kappa shape index (κ3) is 2.73. The smallest absolute Gasteiger partial charge is 0.264 e. The first kappa shape index (κ1) is 14.2. The fraction of sp³-hybridized carbons (Fsp3) is 0.267.